The minimum absolute atomic E-state index is 0.0635. The molecule has 1 unspecified atom stereocenters. The van der Waals surface area contributed by atoms with Crippen LogP contribution in [0.2, 0.25) is 0 Å². The van der Waals surface area contributed by atoms with E-state index in [0.29, 0.717) is 0 Å². The normalized spacial score (nSPS) is 20.1. The molecule has 1 aliphatic heterocycles. The lowest BCUT2D eigenvalue weighted by Crippen LogP contribution is -2.42. The second-order valence-electron chi connectivity index (χ2n) is 6.47. The van der Waals surface area contributed by atoms with Gasteiger partial charge in [0.15, 0.2) is 0 Å². The fourth-order valence-corrected chi connectivity index (χ4v) is 2.40. The van der Waals surface area contributed by atoms with E-state index in [2.05, 4.69) is 49.8 Å². The Balaban J connectivity index is 2.45. The molecule has 1 N–H and O–H groups in total. The van der Waals surface area contributed by atoms with E-state index in [4.69, 9.17) is 9.72 Å². The van der Waals surface area contributed by atoms with Crippen LogP contribution in [0.5, 0.6) is 0 Å². The molecule has 2 heterocycles. The van der Waals surface area contributed by atoms with Gasteiger partial charge in [-0.2, -0.15) is 0 Å². The average Bonchev–Trinajstić information content (AvgIpc) is 2.37. The number of morpholine rings is 1. The predicted molar refractivity (Wildman–Crippen MR) is 82.6 cm³/mol. The summed E-state index contributed by atoms with van der Waals surface area (Å²) < 4.78 is 5.62. The Bertz CT molecular complexity index is 481. The van der Waals surface area contributed by atoms with Crippen molar-refractivity contribution in [1.29, 1.82) is 0 Å². The molecule has 1 aromatic heterocycles. The van der Waals surface area contributed by atoms with E-state index in [1.54, 1.807) is 0 Å². The first-order chi connectivity index (χ1) is 9.32. The van der Waals surface area contributed by atoms with Crippen LogP contribution >= 0.6 is 0 Å². The number of nitrogens with one attached hydrogen (secondary N) is 1. The molecular weight excluding hydrogens is 252 g/mol. The number of ether oxygens (including phenoxy) is 1. The van der Waals surface area contributed by atoms with Crippen LogP contribution in [-0.2, 0) is 10.2 Å². The maximum absolute atomic E-state index is 5.62. The first-order valence-electron chi connectivity index (χ1n) is 7.26. The van der Waals surface area contributed by atoms with Crippen molar-refractivity contribution >= 4 is 11.6 Å². The van der Waals surface area contributed by atoms with Crippen molar-refractivity contribution in [2.24, 2.45) is 0 Å². The van der Waals surface area contributed by atoms with Crippen molar-refractivity contribution in [2.75, 3.05) is 37.0 Å². The quantitative estimate of drug-likeness (QED) is 0.900. The molecule has 20 heavy (non-hydrogen) atoms. The SMILES string of the molecule is CNc1nc(C(C)(C)C)nc(N2CCOC(C)C2)c1C. The van der Waals surface area contributed by atoms with Gasteiger partial charge in [-0.3, -0.25) is 0 Å². The number of anilines is 2. The Hall–Kier alpha value is -1.36. The summed E-state index contributed by atoms with van der Waals surface area (Å²) >= 11 is 0. The van der Waals surface area contributed by atoms with E-state index >= 15 is 0 Å². The zero-order chi connectivity index (χ0) is 14.9. The monoisotopic (exact) mass is 278 g/mol. The third kappa shape index (κ3) is 3.03. The van der Waals surface area contributed by atoms with Crippen molar-refractivity contribution in [1.82, 2.24) is 9.97 Å². The Morgan fingerprint density at radius 3 is 2.55 bits per heavy atom. The second kappa shape index (κ2) is 5.56. The van der Waals surface area contributed by atoms with Crippen LogP contribution in [-0.4, -0.2) is 42.8 Å². The van der Waals surface area contributed by atoms with E-state index in [1.807, 2.05) is 7.05 Å². The highest BCUT2D eigenvalue weighted by molar-refractivity contribution is 5.59. The largest absolute Gasteiger partial charge is 0.375 e. The summed E-state index contributed by atoms with van der Waals surface area (Å²) in [5.41, 5.74) is 1.04. The number of hydrogen-bond donors (Lipinski definition) is 1. The van der Waals surface area contributed by atoms with Crippen molar-refractivity contribution in [3.63, 3.8) is 0 Å². The van der Waals surface area contributed by atoms with Gasteiger partial charge in [0, 0.05) is 31.1 Å². The zero-order valence-electron chi connectivity index (χ0n) is 13.4. The molecule has 0 aromatic carbocycles. The topological polar surface area (TPSA) is 50.3 Å². The number of nitrogens with zero attached hydrogens (tertiary/aromatic N) is 3. The summed E-state index contributed by atoms with van der Waals surface area (Å²) in [4.78, 5) is 11.8. The average molecular weight is 278 g/mol. The van der Waals surface area contributed by atoms with Gasteiger partial charge in [0.2, 0.25) is 0 Å². The summed E-state index contributed by atoms with van der Waals surface area (Å²) in [7, 11) is 1.91. The fraction of sp³-hybridized carbons (Fsp3) is 0.733. The first kappa shape index (κ1) is 15.0. The molecule has 2 rings (SSSR count). The summed E-state index contributed by atoms with van der Waals surface area (Å²) in [5.74, 6) is 2.82. The smallest absolute Gasteiger partial charge is 0.138 e. The predicted octanol–water partition coefficient (Wildman–Crippen LogP) is 2.35. The molecule has 0 spiro atoms. The van der Waals surface area contributed by atoms with Gasteiger partial charge in [0.1, 0.15) is 17.5 Å². The van der Waals surface area contributed by atoms with Gasteiger partial charge in [-0.1, -0.05) is 20.8 Å². The number of aromatic nitrogens is 2. The van der Waals surface area contributed by atoms with Gasteiger partial charge in [0.25, 0.3) is 0 Å². The van der Waals surface area contributed by atoms with Crippen LogP contribution in [0.3, 0.4) is 0 Å². The van der Waals surface area contributed by atoms with Crippen LogP contribution in [0, 0.1) is 6.92 Å². The first-order valence-corrected chi connectivity index (χ1v) is 7.26. The Labute approximate surface area is 121 Å². The van der Waals surface area contributed by atoms with Crippen LogP contribution in [0.25, 0.3) is 0 Å². The Kier molecular flexibility index (Phi) is 4.18. The molecule has 1 aromatic rings. The second-order valence-corrected chi connectivity index (χ2v) is 6.47. The molecule has 1 fully saturated rings. The van der Waals surface area contributed by atoms with Crippen molar-refractivity contribution < 1.29 is 4.74 Å². The van der Waals surface area contributed by atoms with Gasteiger partial charge in [0.05, 0.1) is 12.7 Å². The van der Waals surface area contributed by atoms with E-state index in [0.717, 1.165) is 42.7 Å². The van der Waals surface area contributed by atoms with Crippen LogP contribution in [0.15, 0.2) is 0 Å². The highest BCUT2D eigenvalue weighted by Crippen LogP contribution is 2.29. The summed E-state index contributed by atoms with van der Waals surface area (Å²) in [6.45, 7) is 13.1. The molecule has 5 heteroatoms. The van der Waals surface area contributed by atoms with E-state index in [1.165, 1.54) is 0 Å². The van der Waals surface area contributed by atoms with Crippen LogP contribution in [0.1, 0.15) is 39.1 Å². The van der Waals surface area contributed by atoms with E-state index < -0.39 is 0 Å². The molecule has 1 aliphatic rings. The van der Waals surface area contributed by atoms with Crippen molar-refractivity contribution in [3.8, 4) is 0 Å². The molecule has 5 nitrogen and oxygen atoms in total. The Morgan fingerprint density at radius 1 is 1.30 bits per heavy atom. The lowest BCUT2D eigenvalue weighted by atomic mass is 9.95. The van der Waals surface area contributed by atoms with Crippen LogP contribution in [0.4, 0.5) is 11.6 Å². The molecule has 0 aliphatic carbocycles. The van der Waals surface area contributed by atoms with Gasteiger partial charge in [-0.15, -0.1) is 0 Å². The van der Waals surface area contributed by atoms with Crippen LogP contribution < -0.4 is 10.2 Å². The van der Waals surface area contributed by atoms with E-state index in [-0.39, 0.29) is 11.5 Å². The summed E-state index contributed by atoms with van der Waals surface area (Å²) in [6, 6.07) is 0. The minimum Gasteiger partial charge on any atom is -0.375 e. The molecule has 0 bridgehead atoms. The molecule has 1 atom stereocenters. The maximum Gasteiger partial charge on any atom is 0.138 e. The third-order valence-electron chi connectivity index (χ3n) is 3.57. The van der Waals surface area contributed by atoms with Gasteiger partial charge in [-0.05, 0) is 13.8 Å². The number of rotatable bonds is 2. The third-order valence-corrected chi connectivity index (χ3v) is 3.57. The lowest BCUT2D eigenvalue weighted by Gasteiger charge is -2.34. The summed E-state index contributed by atoms with van der Waals surface area (Å²) in [5, 5.41) is 3.19. The Morgan fingerprint density at radius 2 is 2.00 bits per heavy atom. The molecule has 112 valence electrons. The van der Waals surface area contributed by atoms with Crippen molar-refractivity contribution in [3.05, 3.63) is 11.4 Å². The molecule has 0 saturated carbocycles. The van der Waals surface area contributed by atoms with E-state index in [9.17, 15) is 0 Å². The molecule has 0 amide bonds. The highest BCUT2D eigenvalue weighted by Gasteiger charge is 2.25. The lowest BCUT2D eigenvalue weighted by molar-refractivity contribution is 0.0528. The highest BCUT2D eigenvalue weighted by atomic mass is 16.5. The molecular formula is C15H26N4O. The molecule has 0 radical (unpaired) electrons. The zero-order valence-corrected chi connectivity index (χ0v) is 13.4. The van der Waals surface area contributed by atoms with Crippen molar-refractivity contribution in [2.45, 2.75) is 46.1 Å². The fourth-order valence-electron chi connectivity index (χ4n) is 2.40. The standard InChI is InChI=1S/C15H26N4O/c1-10-9-19(7-8-20-10)13-11(2)12(16-6)17-14(18-13)15(3,4)5/h10H,7-9H2,1-6H3,(H,16,17,18). The molecule has 1 saturated heterocycles. The maximum atomic E-state index is 5.62. The number of hydrogen-bond acceptors (Lipinski definition) is 5. The minimum atomic E-state index is -0.0635. The van der Waals surface area contributed by atoms with Gasteiger partial charge < -0.3 is 15.0 Å². The van der Waals surface area contributed by atoms with Gasteiger partial charge >= 0.3 is 0 Å². The van der Waals surface area contributed by atoms with Gasteiger partial charge in [-0.25, -0.2) is 9.97 Å². The summed E-state index contributed by atoms with van der Waals surface area (Å²) in [6.07, 6.45) is 0.245.